The Kier molecular flexibility index (Phi) is 6.82. The van der Waals surface area contributed by atoms with E-state index in [-0.39, 0.29) is 11.1 Å². The molecule has 4 aromatic heterocycles. The van der Waals surface area contributed by atoms with Crippen molar-refractivity contribution in [1.82, 2.24) is 18.9 Å². The number of halogens is 1. The summed E-state index contributed by atoms with van der Waals surface area (Å²) in [5, 5.41) is 3.07. The van der Waals surface area contributed by atoms with Crippen LogP contribution in [0.1, 0.15) is 31.4 Å². The lowest BCUT2D eigenvalue weighted by atomic mass is 10.1. The fourth-order valence-corrected chi connectivity index (χ4v) is 6.22. The molecular weight excluding hydrogens is 478 g/mol. The van der Waals surface area contributed by atoms with Crippen LogP contribution in [0.15, 0.2) is 50.6 Å². The van der Waals surface area contributed by atoms with E-state index >= 15 is 0 Å². The van der Waals surface area contributed by atoms with Gasteiger partial charge in [0.2, 0.25) is 0 Å². The maximum Gasteiger partial charge on any atom is 0.272 e. The number of likely N-dealkylation sites (tertiary alicyclic amines) is 1. The SMILES string of the molecule is O=c1c2sccc2nc(SCc2cc(=O)n3cc(Cl)ccc3n2)n1CCC[NH+]1CCCCC1. The predicted octanol–water partition coefficient (Wildman–Crippen LogP) is 2.87. The van der Waals surface area contributed by atoms with Crippen LogP contribution in [0.3, 0.4) is 0 Å². The molecule has 0 aromatic carbocycles. The number of nitrogens with one attached hydrogen (secondary N) is 1. The van der Waals surface area contributed by atoms with E-state index in [1.807, 2.05) is 11.4 Å². The van der Waals surface area contributed by atoms with Crippen LogP contribution in [0, 0.1) is 0 Å². The number of nitrogens with zero attached hydrogens (tertiary/aromatic N) is 4. The zero-order chi connectivity index (χ0) is 22.8. The number of quaternary nitrogens is 1. The number of fused-ring (bicyclic) bond motifs is 2. The Morgan fingerprint density at radius 1 is 1.12 bits per heavy atom. The van der Waals surface area contributed by atoms with E-state index in [9.17, 15) is 9.59 Å². The molecule has 1 aliphatic rings. The van der Waals surface area contributed by atoms with Crippen molar-refractivity contribution in [2.75, 3.05) is 19.6 Å². The number of hydrogen-bond donors (Lipinski definition) is 1. The summed E-state index contributed by atoms with van der Waals surface area (Å²) in [6, 6.07) is 6.85. The number of hydrogen-bond acceptors (Lipinski definition) is 6. The molecule has 0 aliphatic carbocycles. The third-order valence-electron chi connectivity index (χ3n) is 6.03. The number of thiophene rings is 1. The van der Waals surface area contributed by atoms with Gasteiger partial charge in [-0.05, 0) is 42.8 Å². The summed E-state index contributed by atoms with van der Waals surface area (Å²) >= 11 is 8.89. The lowest BCUT2D eigenvalue weighted by Gasteiger charge is -2.23. The monoisotopic (exact) mass is 502 g/mol. The van der Waals surface area contributed by atoms with Gasteiger partial charge in [-0.15, -0.1) is 11.3 Å². The third kappa shape index (κ3) is 5.01. The Bertz CT molecular complexity index is 1410. The van der Waals surface area contributed by atoms with Gasteiger partial charge in [0.25, 0.3) is 11.1 Å². The first kappa shape index (κ1) is 22.6. The molecule has 4 aromatic rings. The minimum absolute atomic E-state index is 0.0207. The second kappa shape index (κ2) is 9.97. The van der Waals surface area contributed by atoms with Gasteiger partial charge in [0.1, 0.15) is 10.3 Å². The normalized spacial score (nSPS) is 14.9. The molecule has 1 aliphatic heterocycles. The number of piperidine rings is 1. The topological polar surface area (TPSA) is 73.7 Å². The highest BCUT2D eigenvalue weighted by atomic mass is 35.5. The van der Waals surface area contributed by atoms with Crippen molar-refractivity contribution in [1.29, 1.82) is 0 Å². The Labute approximate surface area is 204 Å². The fourth-order valence-electron chi connectivity index (χ4n) is 4.36. The maximum absolute atomic E-state index is 13.2. The molecule has 0 unspecified atom stereocenters. The minimum atomic E-state index is -0.179. The Balaban J connectivity index is 1.38. The number of rotatable bonds is 7. The van der Waals surface area contributed by atoms with Crippen LogP contribution >= 0.6 is 34.7 Å². The Morgan fingerprint density at radius 2 is 1.97 bits per heavy atom. The van der Waals surface area contributed by atoms with E-state index < -0.39 is 0 Å². The number of thioether (sulfide) groups is 1. The second-order valence-corrected chi connectivity index (χ2v) is 10.6. The van der Waals surface area contributed by atoms with E-state index in [1.54, 1.807) is 27.8 Å². The van der Waals surface area contributed by atoms with E-state index in [4.69, 9.17) is 16.6 Å². The molecule has 5 heterocycles. The van der Waals surface area contributed by atoms with Gasteiger partial charge in [0.15, 0.2) is 5.16 Å². The van der Waals surface area contributed by atoms with E-state index in [0.29, 0.717) is 38.5 Å². The van der Waals surface area contributed by atoms with Gasteiger partial charge in [-0.1, -0.05) is 23.4 Å². The molecule has 5 rings (SSSR count). The molecule has 172 valence electrons. The summed E-state index contributed by atoms with van der Waals surface area (Å²) in [5.74, 6) is 0.452. The van der Waals surface area contributed by atoms with Crippen LogP contribution in [-0.2, 0) is 12.3 Å². The molecular formula is C23H25ClN5O2S2+. The molecule has 10 heteroatoms. The molecule has 0 saturated carbocycles. The molecule has 0 spiro atoms. The van der Waals surface area contributed by atoms with Gasteiger partial charge in [-0.25, -0.2) is 9.97 Å². The van der Waals surface area contributed by atoms with Gasteiger partial charge in [-0.3, -0.25) is 18.6 Å². The van der Waals surface area contributed by atoms with Crippen LogP contribution in [0.25, 0.3) is 15.9 Å². The summed E-state index contributed by atoms with van der Waals surface area (Å²) in [6.07, 6.45) is 6.44. The van der Waals surface area contributed by atoms with Crippen LogP contribution in [0.2, 0.25) is 5.02 Å². The van der Waals surface area contributed by atoms with Gasteiger partial charge >= 0.3 is 0 Å². The molecule has 0 bridgehead atoms. The van der Waals surface area contributed by atoms with Gasteiger partial charge < -0.3 is 4.90 Å². The lowest BCUT2D eigenvalue weighted by molar-refractivity contribution is -0.905. The minimum Gasteiger partial charge on any atom is -0.335 e. The van der Waals surface area contributed by atoms with Crippen LogP contribution < -0.4 is 16.0 Å². The summed E-state index contributed by atoms with van der Waals surface area (Å²) in [7, 11) is 0. The van der Waals surface area contributed by atoms with Crippen LogP contribution in [0.4, 0.5) is 0 Å². The molecule has 33 heavy (non-hydrogen) atoms. The lowest BCUT2D eigenvalue weighted by Crippen LogP contribution is -3.12. The van der Waals surface area contributed by atoms with Gasteiger partial charge in [0, 0.05) is 31.0 Å². The van der Waals surface area contributed by atoms with Crippen molar-refractivity contribution >= 4 is 50.6 Å². The number of pyridine rings is 1. The molecule has 1 saturated heterocycles. The van der Waals surface area contributed by atoms with Gasteiger partial charge in [-0.2, -0.15) is 0 Å². The van der Waals surface area contributed by atoms with Gasteiger partial charge in [0.05, 0.1) is 35.9 Å². The first-order valence-electron chi connectivity index (χ1n) is 11.2. The first-order valence-corrected chi connectivity index (χ1v) is 13.4. The molecule has 0 amide bonds. The first-order chi connectivity index (χ1) is 16.1. The summed E-state index contributed by atoms with van der Waals surface area (Å²) in [6.45, 7) is 4.18. The summed E-state index contributed by atoms with van der Waals surface area (Å²) < 4.78 is 3.94. The highest BCUT2D eigenvalue weighted by molar-refractivity contribution is 7.98. The van der Waals surface area contributed by atoms with Crippen molar-refractivity contribution in [3.63, 3.8) is 0 Å². The van der Waals surface area contributed by atoms with Crippen molar-refractivity contribution < 1.29 is 4.90 Å². The average molecular weight is 503 g/mol. The van der Waals surface area contributed by atoms with E-state index in [2.05, 4.69) is 4.98 Å². The van der Waals surface area contributed by atoms with Crippen molar-refractivity contribution in [2.45, 2.75) is 43.1 Å². The highest BCUT2D eigenvalue weighted by Crippen LogP contribution is 2.23. The molecule has 1 fully saturated rings. The second-order valence-electron chi connectivity index (χ2n) is 8.35. The largest absolute Gasteiger partial charge is 0.335 e. The molecule has 0 atom stereocenters. The molecule has 0 radical (unpaired) electrons. The smallest absolute Gasteiger partial charge is 0.272 e. The molecule has 1 N–H and O–H groups in total. The van der Waals surface area contributed by atoms with Crippen molar-refractivity contribution in [3.05, 3.63) is 67.3 Å². The van der Waals surface area contributed by atoms with Crippen LogP contribution in [-0.4, -0.2) is 38.6 Å². The van der Waals surface area contributed by atoms with E-state index in [0.717, 1.165) is 18.5 Å². The van der Waals surface area contributed by atoms with Crippen LogP contribution in [0.5, 0.6) is 0 Å². The average Bonchev–Trinajstić information content (AvgIpc) is 3.29. The summed E-state index contributed by atoms with van der Waals surface area (Å²) in [4.78, 5) is 36.7. The highest BCUT2D eigenvalue weighted by Gasteiger charge is 2.16. The predicted molar refractivity (Wildman–Crippen MR) is 134 cm³/mol. The third-order valence-corrected chi connectivity index (χ3v) is 8.15. The van der Waals surface area contributed by atoms with Crippen molar-refractivity contribution in [3.8, 4) is 0 Å². The summed E-state index contributed by atoms with van der Waals surface area (Å²) in [5.41, 5.74) is 1.77. The zero-order valence-corrected chi connectivity index (χ0v) is 20.5. The Hall–Kier alpha value is -2.20. The molecule has 7 nitrogen and oxygen atoms in total. The maximum atomic E-state index is 13.2. The quantitative estimate of drug-likeness (QED) is 0.311. The van der Waals surface area contributed by atoms with E-state index in [1.165, 1.54) is 65.9 Å². The Morgan fingerprint density at radius 3 is 2.82 bits per heavy atom. The van der Waals surface area contributed by atoms with Crippen molar-refractivity contribution in [2.24, 2.45) is 0 Å². The fraction of sp³-hybridized carbons (Fsp3) is 0.391. The number of aromatic nitrogens is 4. The zero-order valence-electron chi connectivity index (χ0n) is 18.1. The standard InChI is InChI=1S/C23H24ClN5O2S2/c24-16-5-6-19-25-17(13-20(30)29(19)14-16)15-33-23-26-18-7-12-32-21(18)22(31)28(23)11-4-10-27-8-2-1-3-9-27/h5-7,12-14H,1-4,8-11,15H2/p+1.